The van der Waals surface area contributed by atoms with Crippen molar-refractivity contribution in [3.05, 3.63) is 192 Å². The van der Waals surface area contributed by atoms with Gasteiger partial charge in [-0.15, -0.1) is 24.0 Å². The molecule has 0 aliphatic carbocycles. The second-order valence-electron chi connectivity index (χ2n) is 24.7. The summed E-state index contributed by atoms with van der Waals surface area (Å²) in [5.74, 6) is -1.15. The van der Waals surface area contributed by atoms with E-state index in [1.165, 1.54) is 101 Å². The third kappa shape index (κ3) is 16.7. The van der Waals surface area contributed by atoms with Crippen LogP contribution in [-0.2, 0) is 32.5 Å². The molecule has 2 aliphatic rings. The molecule has 10 heterocycles. The Balaban J connectivity index is 0.000000202. The van der Waals surface area contributed by atoms with Gasteiger partial charge in [-0.1, -0.05) is 12.1 Å². The fourth-order valence-corrected chi connectivity index (χ4v) is 13.8. The molecule has 2 saturated heterocycles. The fourth-order valence-electron chi connectivity index (χ4n) is 12.6. The van der Waals surface area contributed by atoms with E-state index in [1.54, 1.807) is 77.2 Å². The number of carboxylic acid groups (broad SMARTS) is 2. The number of amides is 2. The van der Waals surface area contributed by atoms with Crippen molar-refractivity contribution >= 4 is 150 Å². The first-order chi connectivity index (χ1) is 50.0. The molecule has 35 heteroatoms. The molecule has 2 aliphatic heterocycles. The van der Waals surface area contributed by atoms with Crippen LogP contribution in [0.1, 0.15) is 32.4 Å². The van der Waals surface area contributed by atoms with E-state index in [4.69, 9.17) is 55.4 Å². The monoisotopic (exact) mass is 1800 g/mol. The maximum absolute atomic E-state index is 15.1. The summed E-state index contributed by atoms with van der Waals surface area (Å²) < 4.78 is 152. The summed E-state index contributed by atoms with van der Waals surface area (Å²) in [4.78, 5) is 56.4. The van der Waals surface area contributed by atoms with Crippen molar-refractivity contribution in [2.75, 3.05) is 75.5 Å². The van der Waals surface area contributed by atoms with Crippen LogP contribution in [0, 0.1) is 23.3 Å². The number of nitrogens with one attached hydrogen (secondary N) is 3. The van der Waals surface area contributed by atoms with Crippen LogP contribution in [0.4, 0.5) is 42.5 Å². The number of sulfonamides is 2. The van der Waals surface area contributed by atoms with Gasteiger partial charge < -0.3 is 39.8 Å². The molecular weight excluding hydrogens is 1740 g/mol. The van der Waals surface area contributed by atoms with E-state index in [0.29, 0.717) is 131 Å². The van der Waals surface area contributed by atoms with Gasteiger partial charge in [-0.2, -0.15) is 0 Å². The number of pyridine rings is 2. The maximum atomic E-state index is 15.1. The zero-order chi connectivity index (χ0) is 74.8. The van der Waals surface area contributed by atoms with Crippen LogP contribution in [0.15, 0.2) is 154 Å². The van der Waals surface area contributed by atoms with Crippen molar-refractivity contribution in [2.24, 2.45) is 0 Å². The summed E-state index contributed by atoms with van der Waals surface area (Å²) in [7, 11) is -1.82. The number of fused-ring (bicyclic) bond motifs is 12. The number of rotatable bonds is 13. The van der Waals surface area contributed by atoms with Crippen LogP contribution in [-0.4, -0.2) is 153 Å². The van der Waals surface area contributed by atoms with Crippen molar-refractivity contribution in [3.63, 3.8) is 0 Å². The van der Waals surface area contributed by atoms with E-state index in [-0.39, 0.29) is 214 Å². The number of hydrogen-bond acceptors (Lipinski definition) is 16. The average Bonchev–Trinajstić information content (AvgIpc) is 1.55. The maximum Gasteiger partial charge on any atom is 1.00 e. The summed E-state index contributed by atoms with van der Waals surface area (Å²) >= 11 is 6.27. The van der Waals surface area contributed by atoms with E-state index in [9.17, 15) is 48.4 Å². The molecular formula is C73H61Cl2Cs2F6N12O11S2+. The first kappa shape index (κ1) is 83.5. The minimum absolute atomic E-state index is 0. The number of carbonyl (C=O) groups excluding carboxylic acids is 2. The van der Waals surface area contributed by atoms with Crippen LogP contribution in [0.5, 0.6) is 0 Å². The van der Waals surface area contributed by atoms with E-state index < -0.39 is 73.6 Å². The Morgan fingerprint density at radius 1 is 0.583 bits per heavy atom. The molecule has 0 radical (unpaired) electrons. The fraction of sp³-hybridized carbons (Fsp3) is 0.192. The zero-order valence-corrected chi connectivity index (χ0v) is 74.4. The van der Waals surface area contributed by atoms with Gasteiger partial charge in [0.2, 0.25) is 26.2 Å². The van der Waals surface area contributed by atoms with Gasteiger partial charge in [-0.25, -0.2) is 63.1 Å². The molecule has 16 rings (SSSR count). The number of carbonyl (C=O) groups is 3. The number of likely N-dealkylation sites (tertiary alicyclic amines) is 1. The molecule has 2 amide bonds. The summed E-state index contributed by atoms with van der Waals surface area (Å²) in [5, 5.41) is 24.8. The zero-order valence-electron chi connectivity index (χ0n) is 58.7. The molecule has 0 atom stereocenters. The van der Waals surface area contributed by atoms with Gasteiger partial charge in [0.1, 0.15) is 81.0 Å². The molecule has 23 nitrogen and oxygen atoms in total. The van der Waals surface area contributed by atoms with Crippen molar-refractivity contribution in [2.45, 2.75) is 24.8 Å². The molecule has 0 saturated carbocycles. The van der Waals surface area contributed by atoms with Crippen LogP contribution >= 0.6 is 24.0 Å². The molecule has 0 bridgehead atoms. The molecule has 0 unspecified atom stereocenters. The number of anilines is 2. The van der Waals surface area contributed by atoms with Gasteiger partial charge in [0.25, 0.3) is 11.8 Å². The first-order valence-corrected chi connectivity index (χ1v) is 36.3. The molecule has 2 fully saturated rings. The number of alkyl halides is 3. The number of furan rings is 2. The average molecular weight is 1800 g/mol. The summed E-state index contributed by atoms with van der Waals surface area (Å²) in [6, 6.07) is 37.1. The quantitative estimate of drug-likeness (QED) is 0.0713. The summed E-state index contributed by atoms with van der Waals surface area (Å²) in [5.41, 5.74) is 7.77. The van der Waals surface area contributed by atoms with Gasteiger partial charge >= 0.3 is 138 Å². The minimum atomic E-state index is -3.80. The number of halogens is 8. The molecule has 6 aromatic carbocycles. The third-order valence-corrected chi connectivity index (χ3v) is 20.5. The minimum Gasteiger partial charge on any atom is -0.565 e. The molecule has 4 N–H and O–H groups in total. The van der Waals surface area contributed by atoms with Crippen LogP contribution < -0.4 is 167 Å². The summed E-state index contributed by atoms with van der Waals surface area (Å²) in [6.45, 7) is 2.04. The van der Waals surface area contributed by atoms with Gasteiger partial charge in [-0.05, 0) is 121 Å². The molecule has 108 heavy (non-hydrogen) atoms. The third-order valence-electron chi connectivity index (χ3n) is 17.9. The normalized spacial score (nSPS) is 13.1. The Kier molecular flexibility index (Phi) is 26.2. The van der Waals surface area contributed by atoms with Crippen molar-refractivity contribution in [3.8, 4) is 45.2 Å². The topological polar surface area (TPSA) is 295 Å². The Hall–Kier alpha value is -6.99. The largest absolute Gasteiger partial charge is 1.00 e. The number of aromatic nitrogens is 6. The smallest absolute Gasteiger partial charge is 0.565 e. The standard InChI is InChI=1S/C36H29F3N6O4S.C33H24ClF2N5O4S.C3H6FN.CH2O3.ClH.2Cs/c1-40-36(46)33-24-13-23(29(43(2)50(3,47)48)15-31(24)49-35(33)19-7-9-20(37)10-8-19)26-11-12-27-34(42-26)30-14-22-25(39)5-4-6-28(22)45(30)32(41-27)18-44-16-21(38)17-44;1-37-33(42)30-21-13-20(26(40(2)46(3,43)44)15-28(21)45-32(30)17-7-9-18(35)10-8-17)23-11-12-24-31(39-23)27-14-19-22(36)5-4-6-25(19)41(27)29(16-34)38-24;4-3-1-5-2-3;2-1(3)4;;;/h4-15,21H,16-18H2,1-3H3,(H,40,46);4-15H,16H2,1-3H3,(H,37,42);3,5H,1-2H2;(H2,2,3,4);1H;;/q;;;;;2*+1/p-1. The van der Waals surface area contributed by atoms with Gasteiger partial charge in [0.15, 0.2) is 0 Å². The van der Waals surface area contributed by atoms with E-state index in [2.05, 4.69) is 16.0 Å². The SMILES string of the molecule is CNC(=O)c1c(-c2ccc(F)cc2)oc2cc(N(C)S(C)(=O)=O)c(-c3ccc4nc(CCl)n5c6cccc(F)c6cc5c4n3)cc12.CNC(=O)c1c(-c2ccc(F)cc2)oc2cc(N(C)S(C)(=O)=O)c(-c3ccc4nc(CN5CC(F)C5)n5c6cccc(F)c6cc5c4n3)cc12.Cl.FC1CNC1.O=C([O-])O.[Cs+].[Cs+]. The number of nitrogens with zero attached hydrogens (tertiary/aromatic N) is 9. The van der Waals surface area contributed by atoms with Gasteiger partial charge in [0.05, 0.1) is 91.9 Å². The molecule has 548 valence electrons. The molecule has 0 spiro atoms. The Morgan fingerprint density at radius 3 is 1.32 bits per heavy atom. The Morgan fingerprint density at radius 2 is 0.972 bits per heavy atom. The number of hydrogen-bond donors (Lipinski definition) is 4. The second kappa shape index (κ2) is 33.9. The van der Waals surface area contributed by atoms with Crippen LogP contribution in [0.25, 0.3) is 122 Å². The van der Waals surface area contributed by atoms with Crippen molar-refractivity contribution in [1.82, 2.24) is 49.6 Å². The van der Waals surface area contributed by atoms with Gasteiger partial charge in [0, 0.05) is 110 Å². The Bertz CT molecular complexity index is 6110. The van der Waals surface area contributed by atoms with E-state index >= 15 is 4.39 Å². The van der Waals surface area contributed by atoms with Gasteiger partial charge in [-0.3, -0.25) is 31.9 Å². The predicted molar refractivity (Wildman–Crippen MR) is 393 cm³/mol. The van der Waals surface area contributed by atoms with E-state index in [1.807, 2.05) is 9.30 Å². The molecule has 8 aromatic heterocycles. The number of benzene rings is 6. The van der Waals surface area contributed by atoms with Crippen molar-refractivity contribution in [1.29, 1.82) is 0 Å². The Labute approximate surface area is 740 Å². The molecule has 14 aromatic rings. The van der Waals surface area contributed by atoms with Crippen LogP contribution in [0.3, 0.4) is 0 Å². The second-order valence-corrected chi connectivity index (χ2v) is 29.0. The first-order valence-electron chi connectivity index (χ1n) is 32.0. The van der Waals surface area contributed by atoms with Crippen molar-refractivity contribution < 1.29 is 214 Å². The van der Waals surface area contributed by atoms with E-state index in [0.717, 1.165) is 21.1 Å². The predicted octanol–water partition coefficient (Wildman–Crippen LogP) is 6.44. The summed E-state index contributed by atoms with van der Waals surface area (Å²) in [6.07, 6.45) is -1.40. The van der Waals surface area contributed by atoms with Crippen LogP contribution in [0.2, 0.25) is 0 Å².